The van der Waals surface area contributed by atoms with Gasteiger partial charge in [-0.3, -0.25) is 14.8 Å². The highest BCUT2D eigenvalue weighted by Gasteiger charge is 2.66. The molecule has 0 radical (unpaired) electrons. The van der Waals surface area contributed by atoms with Crippen LogP contribution in [0.3, 0.4) is 0 Å². The van der Waals surface area contributed by atoms with Gasteiger partial charge in [0.1, 0.15) is 0 Å². The summed E-state index contributed by atoms with van der Waals surface area (Å²) in [6, 6.07) is 25.5. The van der Waals surface area contributed by atoms with Crippen molar-refractivity contribution in [3.63, 3.8) is 0 Å². The highest BCUT2D eigenvalue weighted by molar-refractivity contribution is 5.43. The molecule has 0 aliphatic carbocycles. The van der Waals surface area contributed by atoms with Crippen molar-refractivity contribution in [1.82, 2.24) is 14.8 Å². The van der Waals surface area contributed by atoms with Gasteiger partial charge in [-0.1, -0.05) is 66.7 Å². The largest absolute Gasteiger partial charge is 0.391 e. The predicted octanol–water partition coefficient (Wildman–Crippen LogP) is 2.96. The number of hydrogen-bond acceptors (Lipinski definition) is 4. The molecule has 5 heterocycles. The highest BCUT2D eigenvalue weighted by atomic mass is 16.3. The van der Waals surface area contributed by atoms with Gasteiger partial charge < -0.3 is 5.11 Å². The third kappa shape index (κ3) is 2.34. The van der Waals surface area contributed by atoms with E-state index in [1.807, 2.05) is 18.5 Å². The molecule has 1 aromatic heterocycles. The van der Waals surface area contributed by atoms with E-state index in [1.165, 1.54) is 16.7 Å². The second-order valence-corrected chi connectivity index (χ2v) is 8.92. The van der Waals surface area contributed by atoms with Crippen LogP contribution in [-0.4, -0.2) is 52.2 Å². The van der Waals surface area contributed by atoms with Crippen LogP contribution in [0.5, 0.6) is 0 Å². The number of aliphatic hydroxyl groups excluding tert-OH is 1. The van der Waals surface area contributed by atoms with Gasteiger partial charge >= 0.3 is 0 Å². The third-order valence-electron chi connectivity index (χ3n) is 7.36. The van der Waals surface area contributed by atoms with Crippen LogP contribution < -0.4 is 0 Å². The summed E-state index contributed by atoms with van der Waals surface area (Å²) in [5.74, 6) is 0. The number of hydrogen-bond donors (Lipinski definition) is 1. The molecule has 29 heavy (non-hydrogen) atoms. The van der Waals surface area contributed by atoms with Crippen molar-refractivity contribution in [2.75, 3.05) is 26.2 Å². The molecule has 4 bridgehead atoms. The molecule has 0 saturated carbocycles. The lowest BCUT2D eigenvalue weighted by Gasteiger charge is -2.69. The number of aliphatic hydroxyl groups is 1. The molecule has 4 saturated heterocycles. The van der Waals surface area contributed by atoms with E-state index in [-0.39, 0.29) is 17.0 Å². The molecule has 0 unspecified atom stereocenters. The average molecular weight is 383 g/mol. The smallest absolute Gasteiger partial charge is 0.0902 e. The van der Waals surface area contributed by atoms with Crippen LogP contribution in [0.2, 0.25) is 0 Å². The van der Waals surface area contributed by atoms with E-state index in [9.17, 15) is 5.11 Å². The summed E-state index contributed by atoms with van der Waals surface area (Å²) in [6.07, 6.45) is 3.64. The van der Waals surface area contributed by atoms with E-state index < -0.39 is 6.10 Å². The molecule has 7 rings (SSSR count). The van der Waals surface area contributed by atoms with Crippen LogP contribution in [0.4, 0.5) is 0 Å². The Morgan fingerprint density at radius 3 is 1.69 bits per heavy atom. The van der Waals surface area contributed by atoms with Crippen molar-refractivity contribution in [3.05, 3.63) is 102 Å². The Morgan fingerprint density at radius 1 is 0.724 bits per heavy atom. The number of pyridine rings is 1. The summed E-state index contributed by atoms with van der Waals surface area (Å²) in [7, 11) is 0. The molecule has 1 N–H and O–H groups in total. The summed E-state index contributed by atoms with van der Waals surface area (Å²) in [5, 5.41) is 11.9. The molecular formula is C25H25N3O. The lowest BCUT2D eigenvalue weighted by molar-refractivity contribution is -0.209. The van der Waals surface area contributed by atoms with Gasteiger partial charge in [0.05, 0.1) is 12.3 Å². The van der Waals surface area contributed by atoms with Crippen LogP contribution in [-0.2, 0) is 10.8 Å². The molecule has 146 valence electrons. The second kappa shape index (κ2) is 6.23. The molecule has 3 aromatic rings. The Hall–Kier alpha value is -2.53. The van der Waals surface area contributed by atoms with E-state index in [0.717, 1.165) is 26.2 Å². The zero-order valence-corrected chi connectivity index (χ0v) is 16.4. The lowest BCUT2D eigenvalue weighted by atomic mass is 9.54. The lowest BCUT2D eigenvalue weighted by Crippen LogP contribution is -2.81. The Kier molecular flexibility index (Phi) is 3.73. The Labute approximate surface area is 171 Å². The minimum atomic E-state index is -0.415. The van der Waals surface area contributed by atoms with Gasteiger partial charge in [0.25, 0.3) is 0 Å². The minimum absolute atomic E-state index is 0.227. The van der Waals surface area contributed by atoms with Crippen molar-refractivity contribution in [3.8, 4) is 0 Å². The van der Waals surface area contributed by atoms with Crippen molar-refractivity contribution in [2.45, 2.75) is 23.1 Å². The summed E-state index contributed by atoms with van der Waals surface area (Å²) < 4.78 is 0. The number of nitrogens with zero attached hydrogens (tertiary/aromatic N) is 3. The van der Waals surface area contributed by atoms with Gasteiger partial charge in [0.15, 0.2) is 0 Å². The topological polar surface area (TPSA) is 39.6 Å². The van der Waals surface area contributed by atoms with Crippen LogP contribution in [0, 0.1) is 0 Å². The molecule has 4 fully saturated rings. The second-order valence-electron chi connectivity index (χ2n) is 8.92. The fraction of sp³-hybridized carbons (Fsp3) is 0.320. The van der Waals surface area contributed by atoms with E-state index in [1.54, 1.807) is 0 Å². The van der Waals surface area contributed by atoms with Crippen LogP contribution >= 0.6 is 0 Å². The Morgan fingerprint density at radius 2 is 1.24 bits per heavy atom. The first-order valence-electron chi connectivity index (χ1n) is 10.4. The van der Waals surface area contributed by atoms with E-state index in [4.69, 9.17) is 0 Å². The molecular weight excluding hydrogens is 358 g/mol. The first-order chi connectivity index (χ1) is 14.2. The SMILES string of the molecule is OC1C2(c3ccccc3)CN3CC1(c1ccccc1)CN(C2)C3c1cccnc1. The minimum Gasteiger partial charge on any atom is -0.391 e. The number of aromatic nitrogens is 1. The molecule has 4 aliphatic rings. The van der Waals surface area contributed by atoms with Crippen LogP contribution in [0.15, 0.2) is 85.2 Å². The van der Waals surface area contributed by atoms with Crippen molar-refractivity contribution in [2.24, 2.45) is 0 Å². The predicted molar refractivity (Wildman–Crippen MR) is 112 cm³/mol. The third-order valence-corrected chi connectivity index (χ3v) is 7.36. The maximum atomic E-state index is 11.9. The van der Waals surface area contributed by atoms with Crippen LogP contribution in [0.25, 0.3) is 0 Å². The quantitative estimate of drug-likeness (QED) is 0.755. The van der Waals surface area contributed by atoms with Gasteiger partial charge in [-0.05, 0) is 17.2 Å². The number of piperidine rings is 2. The zero-order chi connectivity index (χ0) is 19.5. The maximum absolute atomic E-state index is 11.9. The van der Waals surface area contributed by atoms with Crippen molar-refractivity contribution >= 4 is 0 Å². The van der Waals surface area contributed by atoms with E-state index >= 15 is 0 Å². The van der Waals surface area contributed by atoms with E-state index in [2.05, 4.69) is 81.5 Å². The fourth-order valence-electron chi connectivity index (χ4n) is 6.28. The standard InChI is InChI=1S/C25H25N3O/c29-23-24(20-9-3-1-4-10-20)15-27-17-25(23,21-11-5-2-6-12-21)18-28(16-24)22(27)19-8-7-13-26-14-19/h1-14,22-23,29H,15-18H2. The van der Waals surface area contributed by atoms with Gasteiger partial charge in [-0.25, -0.2) is 0 Å². The van der Waals surface area contributed by atoms with Crippen LogP contribution in [0.1, 0.15) is 22.9 Å². The van der Waals surface area contributed by atoms with Crippen molar-refractivity contribution < 1.29 is 5.11 Å². The molecule has 0 amide bonds. The number of benzene rings is 2. The fourth-order valence-corrected chi connectivity index (χ4v) is 6.28. The Bertz CT molecular complexity index is 933. The Balaban J connectivity index is 1.52. The van der Waals surface area contributed by atoms with Gasteiger partial charge in [0.2, 0.25) is 0 Å². The normalized spacial score (nSPS) is 37.6. The molecule has 4 aliphatic heterocycles. The zero-order valence-electron chi connectivity index (χ0n) is 16.4. The molecule has 2 aromatic carbocycles. The summed E-state index contributed by atoms with van der Waals surface area (Å²) in [6.45, 7) is 3.46. The summed E-state index contributed by atoms with van der Waals surface area (Å²) in [4.78, 5) is 9.51. The van der Waals surface area contributed by atoms with Gasteiger partial charge in [-0.15, -0.1) is 0 Å². The van der Waals surface area contributed by atoms with E-state index in [0.29, 0.717) is 0 Å². The molecule has 4 nitrogen and oxygen atoms in total. The molecule has 0 atom stereocenters. The monoisotopic (exact) mass is 383 g/mol. The number of rotatable bonds is 3. The summed E-state index contributed by atoms with van der Waals surface area (Å²) in [5.41, 5.74) is 3.16. The molecule has 4 heteroatoms. The van der Waals surface area contributed by atoms with Gasteiger partial charge in [-0.2, -0.15) is 0 Å². The average Bonchev–Trinajstić information content (AvgIpc) is 2.78. The highest BCUT2D eigenvalue weighted by Crippen LogP contribution is 2.56. The molecule has 0 spiro atoms. The first kappa shape index (κ1) is 17.3. The maximum Gasteiger partial charge on any atom is 0.0902 e. The van der Waals surface area contributed by atoms with Crippen molar-refractivity contribution in [1.29, 1.82) is 0 Å². The first-order valence-corrected chi connectivity index (χ1v) is 10.4. The summed E-state index contributed by atoms with van der Waals surface area (Å²) >= 11 is 0. The van der Waals surface area contributed by atoms with Gasteiger partial charge in [0, 0.05) is 55.0 Å².